The molecular formula is C6H10N2OS. The van der Waals surface area contributed by atoms with E-state index in [1.807, 2.05) is 6.92 Å². The van der Waals surface area contributed by atoms with E-state index in [4.69, 9.17) is 10.5 Å². The molecule has 0 aromatic carbocycles. The van der Waals surface area contributed by atoms with Crippen LogP contribution in [0.25, 0.3) is 0 Å². The number of rotatable bonds is 3. The van der Waals surface area contributed by atoms with Crippen molar-refractivity contribution in [2.45, 2.75) is 13.5 Å². The van der Waals surface area contributed by atoms with Crippen LogP contribution in [0.4, 0.5) is 5.00 Å². The van der Waals surface area contributed by atoms with Crippen LogP contribution in [0.15, 0.2) is 6.20 Å². The van der Waals surface area contributed by atoms with Crippen molar-refractivity contribution in [3.8, 4) is 0 Å². The summed E-state index contributed by atoms with van der Waals surface area (Å²) in [5, 5.41) is 0.758. The second-order valence-electron chi connectivity index (χ2n) is 1.85. The summed E-state index contributed by atoms with van der Waals surface area (Å²) in [6, 6.07) is 0. The van der Waals surface area contributed by atoms with Gasteiger partial charge in [-0.15, -0.1) is 0 Å². The first-order valence-corrected chi connectivity index (χ1v) is 3.88. The molecule has 1 heterocycles. The standard InChI is InChI=1S/C6H10N2OS/c1-2-9-4-5-3-8-10-6(5)7/h3H,2,4,7H2,1H3. The molecular weight excluding hydrogens is 148 g/mol. The molecule has 0 bridgehead atoms. The topological polar surface area (TPSA) is 48.1 Å². The highest BCUT2D eigenvalue weighted by Crippen LogP contribution is 2.15. The second-order valence-corrected chi connectivity index (χ2v) is 2.69. The van der Waals surface area contributed by atoms with E-state index >= 15 is 0 Å². The fourth-order valence-electron chi connectivity index (χ4n) is 0.589. The van der Waals surface area contributed by atoms with E-state index in [2.05, 4.69) is 4.37 Å². The molecule has 0 radical (unpaired) electrons. The quantitative estimate of drug-likeness (QED) is 0.720. The van der Waals surface area contributed by atoms with Crippen molar-refractivity contribution < 1.29 is 4.74 Å². The number of hydrogen-bond donors (Lipinski definition) is 1. The number of hydrogen-bond acceptors (Lipinski definition) is 4. The van der Waals surface area contributed by atoms with Crippen LogP contribution in [0.2, 0.25) is 0 Å². The molecule has 1 aromatic rings. The van der Waals surface area contributed by atoms with Gasteiger partial charge in [-0.1, -0.05) is 0 Å². The van der Waals surface area contributed by atoms with Crippen LogP contribution in [0.1, 0.15) is 12.5 Å². The highest BCUT2D eigenvalue weighted by molar-refractivity contribution is 7.10. The fourth-order valence-corrected chi connectivity index (χ4v) is 1.11. The largest absolute Gasteiger partial charge is 0.389 e. The van der Waals surface area contributed by atoms with E-state index < -0.39 is 0 Å². The molecule has 1 rings (SSSR count). The first-order valence-electron chi connectivity index (χ1n) is 3.11. The van der Waals surface area contributed by atoms with Gasteiger partial charge in [-0.25, -0.2) is 0 Å². The number of nitrogen functional groups attached to an aromatic ring is 1. The summed E-state index contributed by atoms with van der Waals surface area (Å²) in [6.45, 7) is 3.25. The Balaban J connectivity index is 2.49. The Labute approximate surface area is 64.0 Å². The maximum atomic E-state index is 5.56. The Bertz CT molecular complexity index is 199. The summed E-state index contributed by atoms with van der Waals surface area (Å²) >= 11 is 1.30. The molecule has 56 valence electrons. The maximum absolute atomic E-state index is 5.56. The monoisotopic (exact) mass is 158 g/mol. The lowest BCUT2D eigenvalue weighted by Crippen LogP contribution is -1.93. The van der Waals surface area contributed by atoms with Gasteiger partial charge in [0.15, 0.2) is 0 Å². The SMILES string of the molecule is CCOCc1cnsc1N. The average molecular weight is 158 g/mol. The predicted octanol–water partition coefficient (Wildman–Crippen LogP) is 1.26. The van der Waals surface area contributed by atoms with Crippen molar-refractivity contribution in [2.75, 3.05) is 12.3 Å². The van der Waals surface area contributed by atoms with Crippen LogP contribution in [0.3, 0.4) is 0 Å². The zero-order chi connectivity index (χ0) is 7.40. The van der Waals surface area contributed by atoms with E-state index in [-0.39, 0.29) is 0 Å². The van der Waals surface area contributed by atoms with Crippen LogP contribution in [0, 0.1) is 0 Å². The Hall–Kier alpha value is -0.610. The van der Waals surface area contributed by atoms with Crippen molar-refractivity contribution in [2.24, 2.45) is 0 Å². The number of nitrogens with two attached hydrogens (primary N) is 1. The van der Waals surface area contributed by atoms with Gasteiger partial charge in [-0.2, -0.15) is 4.37 Å². The van der Waals surface area contributed by atoms with Crippen LogP contribution < -0.4 is 5.73 Å². The molecule has 2 N–H and O–H groups in total. The summed E-state index contributed by atoms with van der Waals surface area (Å²) in [5.41, 5.74) is 6.55. The number of ether oxygens (including phenoxy) is 1. The van der Waals surface area contributed by atoms with E-state index in [0.29, 0.717) is 6.61 Å². The lowest BCUT2D eigenvalue weighted by Gasteiger charge is -1.96. The van der Waals surface area contributed by atoms with Crippen LogP contribution >= 0.6 is 11.5 Å². The number of anilines is 1. The van der Waals surface area contributed by atoms with Gasteiger partial charge in [0.1, 0.15) is 5.00 Å². The van der Waals surface area contributed by atoms with Gasteiger partial charge in [0, 0.05) is 18.4 Å². The smallest absolute Gasteiger partial charge is 0.112 e. The molecule has 0 fully saturated rings. The Morgan fingerprint density at radius 3 is 3.10 bits per heavy atom. The molecule has 0 amide bonds. The third-order valence-corrected chi connectivity index (χ3v) is 1.81. The van der Waals surface area contributed by atoms with Crippen LogP contribution in [0.5, 0.6) is 0 Å². The molecule has 0 saturated heterocycles. The zero-order valence-electron chi connectivity index (χ0n) is 5.83. The third kappa shape index (κ3) is 1.68. The predicted molar refractivity (Wildman–Crippen MR) is 41.9 cm³/mol. The Morgan fingerprint density at radius 2 is 2.60 bits per heavy atom. The zero-order valence-corrected chi connectivity index (χ0v) is 6.65. The molecule has 0 spiro atoms. The lowest BCUT2D eigenvalue weighted by molar-refractivity contribution is 0.134. The van der Waals surface area contributed by atoms with Crippen molar-refractivity contribution in [1.82, 2.24) is 4.37 Å². The van der Waals surface area contributed by atoms with Crippen LogP contribution in [-0.4, -0.2) is 11.0 Å². The Kier molecular flexibility index (Phi) is 2.65. The molecule has 4 heteroatoms. The normalized spacial score (nSPS) is 10.1. The van der Waals surface area contributed by atoms with Gasteiger partial charge >= 0.3 is 0 Å². The minimum atomic E-state index is 0.582. The number of aromatic nitrogens is 1. The lowest BCUT2D eigenvalue weighted by atomic mass is 10.4. The van der Waals surface area contributed by atoms with E-state index in [9.17, 15) is 0 Å². The summed E-state index contributed by atoms with van der Waals surface area (Å²) < 4.78 is 9.06. The summed E-state index contributed by atoms with van der Waals surface area (Å²) in [5.74, 6) is 0. The van der Waals surface area contributed by atoms with Gasteiger partial charge in [-0.05, 0) is 18.5 Å². The first kappa shape index (κ1) is 7.50. The van der Waals surface area contributed by atoms with Crippen LogP contribution in [-0.2, 0) is 11.3 Å². The van der Waals surface area contributed by atoms with E-state index in [1.165, 1.54) is 11.5 Å². The molecule has 10 heavy (non-hydrogen) atoms. The average Bonchev–Trinajstić information content (AvgIpc) is 2.31. The number of nitrogens with zero attached hydrogens (tertiary/aromatic N) is 1. The molecule has 0 atom stereocenters. The maximum Gasteiger partial charge on any atom is 0.112 e. The highest BCUT2D eigenvalue weighted by Gasteiger charge is 1.99. The van der Waals surface area contributed by atoms with E-state index in [1.54, 1.807) is 6.20 Å². The molecule has 0 unspecified atom stereocenters. The fraction of sp³-hybridized carbons (Fsp3) is 0.500. The molecule has 0 saturated carbocycles. The van der Waals surface area contributed by atoms with Crippen molar-refractivity contribution in [3.05, 3.63) is 11.8 Å². The van der Waals surface area contributed by atoms with Crippen molar-refractivity contribution >= 4 is 16.5 Å². The van der Waals surface area contributed by atoms with Gasteiger partial charge in [0.2, 0.25) is 0 Å². The van der Waals surface area contributed by atoms with Crippen molar-refractivity contribution in [3.63, 3.8) is 0 Å². The second kappa shape index (κ2) is 3.53. The summed E-state index contributed by atoms with van der Waals surface area (Å²) in [4.78, 5) is 0. The van der Waals surface area contributed by atoms with E-state index in [0.717, 1.165) is 17.2 Å². The minimum Gasteiger partial charge on any atom is -0.389 e. The van der Waals surface area contributed by atoms with Gasteiger partial charge in [-0.3, -0.25) is 0 Å². The van der Waals surface area contributed by atoms with Gasteiger partial charge in [0.05, 0.1) is 6.61 Å². The third-order valence-electron chi connectivity index (χ3n) is 1.14. The molecule has 0 aliphatic rings. The Morgan fingerprint density at radius 1 is 1.80 bits per heavy atom. The van der Waals surface area contributed by atoms with Gasteiger partial charge < -0.3 is 10.5 Å². The molecule has 3 nitrogen and oxygen atoms in total. The summed E-state index contributed by atoms with van der Waals surface area (Å²) in [6.07, 6.45) is 1.75. The summed E-state index contributed by atoms with van der Waals surface area (Å²) in [7, 11) is 0. The molecule has 0 aliphatic heterocycles. The van der Waals surface area contributed by atoms with Crippen molar-refractivity contribution in [1.29, 1.82) is 0 Å². The molecule has 0 aliphatic carbocycles. The van der Waals surface area contributed by atoms with Gasteiger partial charge in [0.25, 0.3) is 0 Å². The molecule has 1 aromatic heterocycles. The minimum absolute atomic E-state index is 0.582. The first-order chi connectivity index (χ1) is 4.84. The highest BCUT2D eigenvalue weighted by atomic mass is 32.1.